The maximum absolute atomic E-state index is 13.2. The first-order valence-electron chi connectivity index (χ1n) is 10.3. The van der Waals surface area contributed by atoms with E-state index < -0.39 is 0 Å². The molecule has 5 fully saturated rings. The van der Waals surface area contributed by atoms with Gasteiger partial charge in [0, 0.05) is 24.9 Å². The van der Waals surface area contributed by atoms with Crippen LogP contribution in [0.15, 0.2) is 30.3 Å². The number of β-amino-alcohol motifs (C(OH)–C–C–N with tert-alkyl or cyclic N) is 1. The number of aliphatic hydroxyl groups is 2. The topological polar surface area (TPSA) is 60.8 Å². The van der Waals surface area contributed by atoms with E-state index in [9.17, 15) is 15.0 Å². The van der Waals surface area contributed by atoms with Crippen molar-refractivity contribution in [3.63, 3.8) is 0 Å². The van der Waals surface area contributed by atoms with E-state index in [1.807, 2.05) is 4.90 Å². The number of carbonyl (C=O) groups excluding carboxylic acids is 1. The predicted octanol–water partition coefficient (Wildman–Crippen LogP) is 2.33. The van der Waals surface area contributed by atoms with Crippen LogP contribution in [0.2, 0.25) is 0 Å². The van der Waals surface area contributed by atoms with Crippen molar-refractivity contribution in [2.45, 2.75) is 56.1 Å². The Hall–Kier alpha value is -1.39. The SMILES string of the molecule is O=C(CC1(c2ccccc2)C2CC3CC1CC(C2)C3O)N1CC[C@@H](O)C1. The number of hydrogen-bond acceptors (Lipinski definition) is 3. The minimum atomic E-state index is -0.361. The Morgan fingerprint density at radius 3 is 2.19 bits per heavy atom. The Kier molecular flexibility index (Phi) is 3.91. The van der Waals surface area contributed by atoms with Crippen molar-refractivity contribution in [3.05, 3.63) is 35.9 Å². The van der Waals surface area contributed by atoms with Crippen molar-refractivity contribution in [3.8, 4) is 0 Å². The number of benzene rings is 1. The summed E-state index contributed by atoms with van der Waals surface area (Å²) >= 11 is 0. The molecule has 1 aromatic carbocycles. The highest BCUT2D eigenvalue weighted by Gasteiger charge is 2.61. The van der Waals surface area contributed by atoms with Gasteiger partial charge in [-0.2, -0.15) is 0 Å². The molecule has 5 aliphatic rings. The second-order valence-corrected chi connectivity index (χ2v) is 9.21. The molecule has 1 amide bonds. The van der Waals surface area contributed by atoms with Gasteiger partial charge >= 0.3 is 0 Å². The smallest absolute Gasteiger partial charge is 0.223 e. The highest BCUT2D eigenvalue weighted by molar-refractivity contribution is 5.78. The average molecular weight is 355 g/mol. The van der Waals surface area contributed by atoms with Gasteiger partial charge < -0.3 is 15.1 Å². The Labute approximate surface area is 155 Å². The first-order valence-corrected chi connectivity index (χ1v) is 10.3. The molecule has 6 rings (SSSR count). The van der Waals surface area contributed by atoms with Gasteiger partial charge in [-0.1, -0.05) is 30.3 Å². The van der Waals surface area contributed by atoms with E-state index in [4.69, 9.17) is 0 Å². The molecule has 26 heavy (non-hydrogen) atoms. The van der Waals surface area contributed by atoms with Crippen molar-refractivity contribution in [2.24, 2.45) is 23.7 Å². The third-order valence-corrected chi connectivity index (χ3v) is 8.04. The van der Waals surface area contributed by atoms with E-state index in [0.717, 1.165) is 25.7 Å². The van der Waals surface area contributed by atoms with Crippen molar-refractivity contribution in [1.82, 2.24) is 4.90 Å². The lowest BCUT2D eigenvalue weighted by molar-refractivity contribution is -0.152. The first-order chi connectivity index (χ1) is 12.6. The summed E-state index contributed by atoms with van der Waals surface area (Å²) in [5.41, 5.74) is 1.23. The molecule has 0 aromatic heterocycles. The fraction of sp³-hybridized carbons (Fsp3) is 0.682. The van der Waals surface area contributed by atoms with Crippen LogP contribution in [0, 0.1) is 23.7 Å². The molecular formula is C22H29NO3. The minimum absolute atomic E-state index is 0.0843. The van der Waals surface area contributed by atoms with E-state index in [2.05, 4.69) is 30.3 Å². The van der Waals surface area contributed by atoms with Gasteiger partial charge in [0.1, 0.15) is 0 Å². The van der Waals surface area contributed by atoms with Crippen molar-refractivity contribution < 1.29 is 15.0 Å². The molecule has 4 saturated carbocycles. The summed E-state index contributed by atoms with van der Waals surface area (Å²) in [5.74, 6) is 2.05. The third kappa shape index (κ3) is 2.38. The van der Waals surface area contributed by atoms with E-state index in [-0.39, 0.29) is 23.5 Å². The second-order valence-electron chi connectivity index (χ2n) is 9.21. The first kappa shape index (κ1) is 16.8. The van der Waals surface area contributed by atoms with Crippen LogP contribution in [0.5, 0.6) is 0 Å². The van der Waals surface area contributed by atoms with Crippen LogP contribution in [-0.2, 0) is 10.2 Å². The van der Waals surface area contributed by atoms with Gasteiger partial charge in [-0.25, -0.2) is 0 Å². The molecule has 4 heteroatoms. The van der Waals surface area contributed by atoms with Crippen molar-refractivity contribution >= 4 is 5.91 Å². The quantitative estimate of drug-likeness (QED) is 0.875. The number of nitrogens with zero attached hydrogens (tertiary/aromatic N) is 1. The summed E-state index contributed by atoms with van der Waals surface area (Å²) in [4.78, 5) is 15.1. The summed E-state index contributed by atoms with van der Waals surface area (Å²) in [6.07, 6.45) is 5.00. The van der Waals surface area contributed by atoms with Gasteiger partial charge in [-0.3, -0.25) is 4.79 Å². The Morgan fingerprint density at radius 1 is 1.04 bits per heavy atom. The van der Waals surface area contributed by atoms with Crippen LogP contribution >= 0.6 is 0 Å². The molecule has 1 heterocycles. The largest absolute Gasteiger partial charge is 0.393 e. The van der Waals surface area contributed by atoms with Gasteiger partial charge in [0.2, 0.25) is 5.91 Å². The lowest BCUT2D eigenvalue weighted by Crippen LogP contribution is -2.61. The number of likely N-dealkylation sites (tertiary alicyclic amines) is 1. The molecule has 1 saturated heterocycles. The molecule has 0 spiro atoms. The molecule has 1 aromatic rings. The Balaban J connectivity index is 1.50. The monoisotopic (exact) mass is 355 g/mol. The van der Waals surface area contributed by atoms with Gasteiger partial charge in [0.15, 0.2) is 0 Å². The van der Waals surface area contributed by atoms with Crippen LogP contribution in [0.4, 0.5) is 0 Å². The van der Waals surface area contributed by atoms with Gasteiger partial charge in [-0.05, 0) is 61.3 Å². The maximum atomic E-state index is 13.2. The van der Waals surface area contributed by atoms with Crippen LogP contribution < -0.4 is 0 Å². The fourth-order valence-electron chi connectivity index (χ4n) is 6.90. The van der Waals surface area contributed by atoms with Crippen molar-refractivity contribution in [2.75, 3.05) is 13.1 Å². The molecule has 0 unspecified atom stereocenters. The standard InChI is InChI=1S/C22H29NO3/c24-19-6-7-23(13-19)20(25)12-22(16-4-2-1-3-5-16)17-8-14-9-18(22)11-15(10-17)21(14)26/h1-5,14-15,17-19,21,24,26H,6-13H2/t14?,15?,17?,18?,19-,21?,22?/m1/s1. The number of aliphatic hydroxyl groups excluding tert-OH is 2. The van der Waals surface area contributed by atoms with E-state index in [1.165, 1.54) is 5.56 Å². The molecule has 2 N–H and O–H groups in total. The van der Waals surface area contributed by atoms with Crippen LogP contribution in [0.3, 0.4) is 0 Å². The van der Waals surface area contributed by atoms with E-state index in [0.29, 0.717) is 49.6 Å². The van der Waals surface area contributed by atoms with Gasteiger partial charge in [-0.15, -0.1) is 0 Å². The number of hydrogen-bond donors (Lipinski definition) is 2. The molecule has 4 bridgehead atoms. The number of carbonyl (C=O) groups is 1. The highest BCUT2D eigenvalue weighted by Crippen LogP contribution is 2.64. The van der Waals surface area contributed by atoms with E-state index >= 15 is 0 Å². The minimum Gasteiger partial charge on any atom is -0.393 e. The number of rotatable bonds is 3. The predicted molar refractivity (Wildman–Crippen MR) is 98.4 cm³/mol. The molecule has 1 atom stereocenters. The molecule has 4 nitrogen and oxygen atoms in total. The Bertz CT molecular complexity index is 658. The van der Waals surface area contributed by atoms with Crippen LogP contribution in [0.25, 0.3) is 0 Å². The second kappa shape index (κ2) is 6.07. The summed E-state index contributed by atoms with van der Waals surface area (Å²) < 4.78 is 0. The summed E-state index contributed by atoms with van der Waals surface area (Å²) in [6.45, 7) is 1.17. The van der Waals surface area contributed by atoms with Crippen LogP contribution in [0.1, 0.15) is 44.1 Å². The molecule has 1 aliphatic heterocycles. The normalized spacial score (nSPS) is 43.8. The summed E-state index contributed by atoms with van der Waals surface area (Å²) in [7, 11) is 0. The average Bonchev–Trinajstić information content (AvgIpc) is 3.07. The van der Waals surface area contributed by atoms with Crippen molar-refractivity contribution in [1.29, 1.82) is 0 Å². The summed E-state index contributed by atoms with van der Waals surface area (Å²) in [6, 6.07) is 10.7. The zero-order valence-corrected chi connectivity index (χ0v) is 15.3. The van der Waals surface area contributed by atoms with E-state index in [1.54, 1.807) is 0 Å². The molecule has 140 valence electrons. The lowest BCUT2D eigenvalue weighted by atomic mass is 9.42. The zero-order valence-electron chi connectivity index (χ0n) is 15.3. The van der Waals surface area contributed by atoms with Crippen LogP contribution in [-0.4, -0.2) is 46.3 Å². The summed E-state index contributed by atoms with van der Waals surface area (Å²) in [5, 5.41) is 20.4. The molecule has 0 radical (unpaired) electrons. The maximum Gasteiger partial charge on any atom is 0.223 e. The zero-order chi connectivity index (χ0) is 17.9. The molecular weight excluding hydrogens is 326 g/mol. The third-order valence-electron chi connectivity index (χ3n) is 8.04. The van der Waals surface area contributed by atoms with Gasteiger partial charge in [0.25, 0.3) is 0 Å². The fourth-order valence-corrected chi connectivity index (χ4v) is 6.90. The molecule has 4 aliphatic carbocycles. The number of amides is 1. The lowest BCUT2D eigenvalue weighted by Gasteiger charge is -2.63. The van der Waals surface area contributed by atoms with Gasteiger partial charge in [0.05, 0.1) is 12.2 Å². The highest BCUT2D eigenvalue weighted by atomic mass is 16.3. The Morgan fingerprint density at radius 2 is 1.65 bits per heavy atom.